The predicted octanol–water partition coefficient (Wildman–Crippen LogP) is 2.33. The molecule has 0 spiro atoms. The minimum atomic E-state index is -0.242. The number of hydrogen-bond acceptors (Lipinski definition) is 3. The first kappa shape index (κ1) is 14.1. The van der Waals surface area contributed by atoms with Crippen LogP contribution in [-0.2, 0) is 14.3 Å². The second-order valence-corrected chi connectivity index (χ2v) is 5.58. The van der Waals surface area contributed by atoms with Gasteiger partial charge in [0, 0.05) is 12.5 Å². The maximum absolute atomic E-state index is 12.0. The number of carbonyl (C=O) groups is 2. The summed E-state index contributed by atoms with van der Waals surface area (Å²) in [5.41, 5.74) is 1.25. The molecule has 0 aliphatic heterocycles. The monoisotopic (exact) mass is 265 g/mol. The summed E-state index contributed by atoms with van der Waals surface area (Å²) < 4.78 is 4.69. The van der Waals surface area contributed by atoms with Gasteiger partial charge in [-0.05, 0) is 44.4 Å². The first-order valence-electron chi connectivity index (χ1n) is 7.23. The van der Waals surface area contributed by atoms with E-state index >= 15 is 0 Å². The summed E-state index contributed by atoms with van der Waals surface area (Å²) in [5, 5.41) is 3.01. The Hall–Kier alpha value is -1.32. The summed E-state index contributed by atoms with van der Waals surface area (Å²) in [6.07, 6.45) is 9.74. The second-order valence-electron chi connectivity index (χ2n) is 5.58. The second kappa shape index (κ2) is 6.73. The largest absolute Gasteiger partial charge is 0.469 e. The van der Waals surface area contributed by atoms with Gasteiger partial charge in [-0.2, -0.15) is 0 Å². The van der Waals surface area contributed by atoms with Crippen LogP contribution in [-0.4, -0.2) is 25.0 Å². The van der Waals surface area contributed by atoms with Gasteiger partial charge >= 0.3 is 5.97 Å². The molecule has 2 rings (SSSR count). The van der Waals surface area contributed by atoms with Gasteiger partial charge in [-0.3, -0.25) is 9.59 Å². The summed E-state index contributed by atoms with van der Waals surface area (Å²) in [5.74, 6) is 0.270. The van der Waals surface area contributed by atoms with Crippen molar-refractivity contribution in [3.05, 3.63) is 11.6 Å². The van der Waals surface area contributed by atoms with Crippen molar-refractivity contribution in [1.82, 2.24) is 5.32 Å². The SMILES string of the molecule is COC(=O)CC(NC(=O)CC1=CCCCC1)C1CC1. The van der Waals surface area contributed by atoms with E-state index in [0.717, 1.165) is 25.7 Å². The molecule has 0 heterocycles. The van der Waals surface area contributed by atoms with E-state index in [2.05, 4.69) is 16.1 Å². The minimum Gasteiger partial charge on any atom is -0.469 e. The third-order valence-electron chi connectivity index (χ3n) is 3.92. The van der Waals surface area contributed by atoms with Gasteiger partial charge in [-0.25, -0.2) is 0 Å². The molecule has 2 aliphatic carbocycles. The van der Waals surface area contributed by atoms with Gasteiger partial charge in [0.1, 0.15) is 0 Å². The summed E-state index contributed by atoms with van der Waals surface area (Å²) in [4.78, 5) is 23.4. The molecular weight excluding hydrogens is 242 g/mol. The molecule has 1 N–H and O–H groups in total. The minimum absolute atomic E-state index is 0.0378. The van der Waals surface area contributed by atoms with Crippen LogP contribution in [0, 0.1) is 5.92 Å². The number of nitrogens with one attached hydrogen (secondary N) is 1. The Kier molecular flexibility index (Phi) is 5.00. The molecule has 1 amide bonds. The zero-order valence-corrected chi connectivity index (χ0v) is 11.6. The van der Waals surface area contributed by atoms with Crippen molar-refractivity contribution >= 4 is 11.9 Å². The van der Waals surface area contributed by atoms with Crippen molar-refractivity contribution in [2.45, 2.75) is 57.4 Å². The van der Waals surface area contributed by atoms with Crippen molar-refractivity contribution in [1.29, 1.82) is 0 Å². The van der Waals surface area contributed by atoms with E-state index < -0.39 is 0 Å². The van der Waals surface area contributed by atoms with E-state index in [4.69, 9.17) is 0 Å². The fourth-order valence-electron chi connectivity index (χ4n) is 2.63. The van der Waals surface area contributed by atoms with Gasteiger partial charge in [-0.1, -0.05) is 11.6 Å². The first-order chi connectivity index (χ1) is 9.19. The van der Waals surface area contributed by atoms with Crippen LogP contribution in [0.2, 0.25) is 0 Å². The Morgan fingerprint density at radius 2 is 2.21 bits per heavy atom. The zero-order chi connectivity index (χ0) is 13.7. The summed E-state index contributed by atoms with van der Waals surface area (Å²) in [7, 11) is 1.39. The van der Waals surface area contributed by atoms with Crippen molar-refractivity contribution in [3.63, 3.8) is 0 Å². The molecule has 0 bridgehead atoms. The third-order valence-corrected chi connectivity index (χ3v) is 3.92. The van der Waals surface area contributed by atoms with Gasteiger partial charge in [-0.15, -0.1) is 0 Å². The Morgan fingerprint density at radius 3 is 2.79 bits per heavy atom. The van der Waals surface area contributed by atoms with E-state index in [1.165, 1.54) is 25.5 Å². The number of carbonyl (C=O) groups excluding carboxylic acids is 2. The molecule has 0 saturated heterocycles. The molecule has 4 nitrogen and oxygen atoms in total. The number of amides is 1. The molecule has 4 heteroatoms. The maximum atomic E-state index is 12.0. The van der Waals surface area contributed by atoms with Gasteiger partial charge in [0.25, 0.3) is 0 Å². The Morgan fingerprint density at radius 1 is 1.42 bits per heavy atom. The lowest BCUT2D eigenvalue weighted by molar-refractivity contribution is -0.141. The molecule has 0 aromatic heterocycles. The average molecular weight is 265 g/mol. The standard InChI is InChI=1S/C15H23NO3/c1-19-15(18)10-13(12-7-8-12)16-14(17)9-11-5-3-2-4-6-11/h5,12-13H,2-4,6-10H2,1H3,(H,16,17). The van der Waals surface area contributed by atoms with Crippen molar-refractivity contribution in [2.75, 3.05) is 7.11 Å². The lowest BCUT2D eigenvalue weighted by atomic mass is 9.97. The molecule has 2 aliphatic rings. The van der Waals surface area contributed by atoms with Crippen LogP contribution in [0.3, 0.4) is 0 Å². The number of rotatable bonds is 6. The predicted molar refractivity (Wildman–Crippen MR) is 72.5 cm³/mol. The molecule has 0 radical (unpaired) electrons. The summed E-state index contributed by atoms with van der Waals surface area (Å²) >= 11 is 0. The van der Waals surface area contributed by atoms with E-state index in [1.54, 1.807) is 0 Å². The molecule has 1 unspecified atom stereocenters. The molecule has 1 saturated carbocycles. The molecule has 1 fully saturated rings. The molecule has 1 atom stereocenters. The van der Waals surface area contributed by atoms with E-state index in [1.807, 2.05) is 0 Å². The van der Waals surface area contributed by atoms with Crippen LogP contribution in [0.5, 0.6) is 0 Å². The highest BCUT2D eigenvalue weighted by Gasteiger charge is 2.34. The van der Waals surface area contributed by atoms with E-state index in [9.17, 15) is 9.59 Å². The Bertz CT molecular complexity index is 372. The number of hydrogen-bond donors (Lipinski definition) is 1. The third kappa shape index (κ3) is 4.69. The highest BCUT2D eigenvalue weighted by molar-refractivity contribution is 5.80. The van der Waals surface area contributed by atoms with Crippen LogP contribution in [0.15, 0.2) is 11.6 Å². The van der Waals surface area contributed by atoms with Crippen molar-refractivity contribution in [3.8, 4) is 0 Å². The molecule has 0 aromatic rings. The van der Waals surface area contributed by atoms with Gasteiger partial charge < -0.3 is 10.1 Å². The summed E-state index contributed by atoms with van der Waals surface area (Å²) in [6.45, 7) is 0. The fraction of sp³-hybridized carbons (Fsp3) is 0.733. The lowest BCUT2D eigenvalue weighted by Gasteiger charge is -2.18. The molecular formula is C15H23NO3. The zero-order valence-electron chi connectivity index (χ0n) is 11.6. The number of ether oxygens (including phenoxy) is 1. The lowest BCUT2D eigenvalue weighted by Crippen LogP contribution is -2.38. The highest BCUT2D eigenvalue weighted by atomic mass is 16.5. The van der Waals surface area contributed by atoms with Crippen LogP contribution in [0.25, 0.3) is 0 Å². The smallest absolute Gasteiger partial charge is 0.307 e. The number of methoxy groups -OCH3 is 1. The van der Waals surface area contributed by atoms with E-state index in [-0.39, 0.29) is 17.9 Å². The van der Waals surface area contributed by atoms with Crippen LogP contribution in [0.4, 0.5) is 0 Å². The quantitative estimate of drug-likeness (QED) is 0.592. The van der Waals surface area contributed by atoms with Crippen molar-refractivity contribution < 1.29 is 14.3 Å². The van der Waals surface area contributed by atoms with Crippen LogP contribution < -0.4 is 5.32 Å². The number of esters is 1. The molecule has 0 aromatic carbocycles. The maximum Gasteiger partial charge on any atom is 0.307 e. The topological polar surface area (TPSA) is 55.4 Å². The summed E-state index contributed by atoms with van der Waals surface area (Å²) in [6, 6.07) is -0.0378. The first-order valence-corrected chi connectivity index (χ1v) is 7.23. The highest BCUT2D eigenvalue weighted by Crippen LogP contribution is 2.34. The van der Waals surface area contributed by atoms with Gasteiger partial charge in [0.2, 0.25) is 5.91 Å². The van der Waals surface area contributed by atoms with Gasteiger partial charge in [0.05, 0.1) is 13.5 Å². The van der Waals surface area contributed by atoms with Crippen molar-refractivity contribution in [2.24, 2.45) is 5.92 Å². The van der Waals surface area contributed by atoms with Gasteiger partial charge in [0.15, 0.2) is 0 Å². The fourth-order valence-corrected chi connectivity index (χ4v) is 2.63. The normalized spacial score (nSPS) is 20.4. The van der Waals surface area contributed by atoms with E-state index in [0.29, 0.717) is 18.8 Å². The van der Waals surface area contributed by atoms with Crippen LogP contribution >= 0.6 is 0 Å². The molecule has 19 heavy (non-hydrogen) atoms. The Balaban J connectivity index is 1.81. The molecule has 106 valence electrons. The number of allylic oxidation sites excluding steroid dienone is 1. The van der Waals surface area contributed by atoms with Crippen LogP contribution in [0.1, 0.15) is 51.4 Å². The average Bonchev–Trinajstić information content (AvgIpc) is 3.23. The Labute approximate surface area is 114 Å².